The fraction of sp³-hybridized carbons (Fsp3) is 0.200. The second kappa shape index (κ2) is 11.4. The van der Waals surface area contributed by atoms with Crippen LogP contribution in [0.2, 0.25) is 0 Å². The number of hydrogen-bond acceptors (Lipinski definition) is 5. The van der Waals surface area contributed by atoms with Gasteiger partial charge in [-0.15, -0.1) is 0 Å². The summed E-state index contributed by atoms with van der Waals surface area (Å²) in [6.45, 7) is -0.295. The SMILES string of the molecule is CN(C[C@@H](CC(=O)OCC(=O)c1ccc(Br)cc1)c1ccccc1)S(=O)(=O)c1ccccc1. The van der Waals surface area contributed by atoms with E-state index in [0.29, 0.717) is 5.56 Å². The zero-order valence-electron chi connectivity index (χ0n) is 18.1. The van der Waals surface area contributed by atoms with Crippen molar-refractivity contribution in [2.75, 3.05) is 20.2 Å². The average molecular weight is 530 g/mol. The molecule has 0 aromatic heterocycles. The number of carbonyl (C=O) groups excluding carboxylic acids is 2. The predicted octanol–water partition coefficient (Wildman–Crippen LogP) is 4.67. The lowest BCUT2D eigenvalue weighted by Gasteiger charge is -2.24. The van der Waals surface area contributed by atoms with Crippen molar-refractivity contribution in [2.24, 2.45) is 0 Å². The Kier molecular flexibility index (Phi) is 8.55. The fourth-order valence-electron chi connectivity index (χ4n) is 3.32. The van der Waals surface area contributed by atoms with E-state index in [1.807, 2.05) is 30.3 Å². The van der Waals surface area contributed by atoms with Crippen LogP contribution in [0.4, 0.5) is 0 Å². The maximum absolute atomic E-state index is 12.9. The first-order valence-corrected chi connectivity index (χ1v) is 12.5. The van der Waals surface area contributed by atoms with Crippen molar-refractivity contribution in [1.29, 1.82) is 0 Å². The van der Waals surface area contributed by atoms with Gasteiger partial charge in [0, 0.05) is 29.5 Å². The number of hydrogen-bond donors (Lipinski definition) is 0. The third-order valence-electron chi connectivity index (χ3n) is 5.14. The number of rotatable bonds is 10. The minimum atomic E-state index is -3.72. The highest BCUT2D eigenvalue weighted by Gasteiger charge is 2.26. The van der Waals surface area contributed by atoms with Crippen molar-refractivity contribution < 1.29 is 22.7 Å². The van der Waals surface area contributed by atoms with Crippen molar-refractivity contribution in [2.45, 2.75) is 17.2 Å². The lowest BCUT2D eigenvalue weighted by molar-refractivity contribution is -0.143. The molecular weight excluding hydrogens is 506 g/mol. The molecule has 6 nitrogen and oxygen atoms in total. The third-order valence-corrected chi connectivity index (χ3v) is 7.51. The number of halogens is 1. The number of sulfonamides is 1. The molecule has 0 heterocycles. The van der Waals surface area contributed by atoms with E-state index in [1.54, 1.807) is 42.5 Å². The molecule has 0 radical (unpaired) electrons. The van der Waals surface area contributed by atoms with Gasteiger partial charge in [-0.1, -0.05) is 76.6 Å². The van der Waals surface area contributed by atoms with Gasteiger partial charge >= 0.3 is 5.97 Å². The minimum absolute atomic E-state index is 0.0632. The van der Waals surface area contributed by atoms with Crippen molar-refractivity contribution in [3.05, 3.63) is 101 Å². The van der Waals surface area contributed by atoms with Gasteiger partial charge in [-0.3, -0.25) is 9.59 Å². The Balaban J connectivity index is 1.69. The number of Topliss-reactive ketones (excluding diaryl/α,β-unsaturated/α-hetero) is 1. The molecule has 0 aliphatic carbocycles. The molecule has 3 aromatic rings. The molecule has 0 unspecified atom stereocenters. The Labute approximate surface area is 202 Å². The molecule has 33 heavy (non-hydrogen) atoms. The van der Waals surface area contributed by atoms with Crippen LogP contribution in [0.25, 0.3) is 0 Å². The lowest BCUT2D eigenvalue weighted by Crippen LogP contribution is -2.32. The maximum atomic E-state index is 12.9. The second-order valence-corrected chi connectivity index (χ2v) is 10.5. The summed E-state index contributed by atoms with van der Waals surface area (Å²) in [5.41, 5.74) is 1.25. The van der Waals surface area contributed by atoms with Gasteiger partial charge in [0.15, 0.2) is 12.4 Å². The molecule has 3 rings (SSSR count). The summed E-state index contributed by atoms with van der Waals surface area (Å²) in [5, 5.41) is 0. The molecule has 0 aliphatic rings. The number of carbonyl (C=O) groups is 2. The van der Waals surface area contributed by atoms with E-state index in [9.17, 15) is 18.0 Å². The van der Waals surface area contributed by atoms with Gasteiger partial charge in [-0.2, -0.15) is 0 Å². The molecule has 0 aliphatic heterocycles. The molecule has 0 N–H and O–H groups in total. The van der Waals surface area contributed by atoms with Crippen LogP contribution in [-0.2, 0) is 19.6 Å². The van der Waals surface area contributed by atoms with E-state index in [-0.39, 0.29) is 30.3 Å². The summed E-state index contributed by atoms with van der Waals surface area (Å²) < 4.78 is 33.2. The first-order chi connectivity index (χ1) is 15.8. The number of likely N-dealkylation sites (N-methyl/N-ethyl adjacent to an activating group) is 1. The van der Waals surface area contributed by atoms with Crippen LogP contribution >= 0.6 is 15.9 Å². The number of ketones is 1. The monoisotopic (exact) mass is 529 g/mol. The third kappa shape index (κ3) is 6.83. The van der Waals surface area contributed by atoms with Crippen molar-refractivity contribution in [3.8, 4) is 0 Å². The minimum Gasteiger partial charge on any atom is -0.457 e. The van der Waals surface area contributed by atoms with Gasteiger partial charge in [-0.05, 0) is 29.8 Å². The topological polar surface area (TPSA) is 80.8 Å². The maximum Gasteiger partial charge on any atom is 0.306 e. The molecule has 172 valence electrons. The van der Waals surface area contributed by atoms with Crippen molar-refractivity contribution >= 4 is 37.7 Å². The van der Waals surface area contributed by atoms with E-state index in [2.05, 4.69) is 15.9 Å². The van der Waals surface area contributed by atoms with Gasteiger partial charge < -0.3 is 4.74 Å². The highest BCUT2D eigenvalue weighted by atomic mass is 79.9. The Morgan fingerprint density at radius 2 is 1.48 bits per heavy atom. The fourth-order valence-corrected chi connectivity index (χ4v) is 4.82. The van der Waals surface area contributed by atoms with Crippen LogP contribution < -0.4 is 0 Å². The van der Waals surface area contributed by atoms with E-state index >= 15 is 0 Å². The molecular formula is C25H24BrNO5S. The Morgan fingerprint density at radius 3 is 2.09 bits per heavy atom. The first kappa shape index (κ1) is 24.8. The number of ether oxygens (including phenoxy) is 1. The van der Waals surface area contributed by atoms with Gasteiger partial charge in [0.05, 0.1) is 11.3 Å². The van der Waals surface area contributed by atoms with Gasteiger partial charge in [0.1, 0.15) is 0 Å². The molecule has 3 aromatic carbocycles. The molecule has 0 fully saturated rings. The highest BCUT2D eigenvalue weighted by molar-refractivity contribution is 9.10. The standard InChI is InChI=1S/C25H24BrNO5S/c1-27(33(30,31)23-10-6-3-7-11-23)17-21(19-8-4-2-5-9-19)16-25(29)32-18-24(28)20-12-14-22(26)15-13-20/h2-15,21H,16-18H2,1H3/t21-/m1/s1. The molecule has 0 spiro atoms. The van der Waals surface area contributed by atoms with Crippen LogP contribution in [0.3, 0.4) is 0 Å². The first-order valence-electron chi connectivity index (χ1n) is 10.3. The predicted molar refractivity (Wildman–Crippen MR) is 129 cm³/mol. The molecule has 0 saturated carbocycles. The Bertz CT molecular complexity index is 1180. The normalized spacial score (nSPS) is 12.3. The van der Waals surface area contributed by atoms with Crippen LogP contribution in [0, 0.1) is 0 Å². The number of benzene rings is 3. The number of nitrogens with zero attached hydrogens (tertiary/aromatic N) is 1. The summed E-state index contributed by atoms with van der Waals surface area (Å²) in [6.07, 6.45) is -0.0632. The second-order valence-electron chi connectivity index (χ2n) is 7.50. The van der Waals surface area contributed by atoms with Gasteiger partial charge in [-0.25, -0.2) is 12.7 Å². The Morgan fingerprint density at radius 1 is 0.909 bits per heavy atom. The largest absolute Gasteiger partial charge is 0.457 e. The van der Waals surface area contributed by atoms with E-state index in [0.717, 1.165) is 10.0 Å². The lowest BCUT2D eigenvalue weighted by atomic mass is 9.96. The highest BCUT2D eigenvalue weighted by Crippen LogP contribution is 2.24. The van der Waals surface area contributed by atoms with Crippen LogP contribution in [0.5, 0.6) is 0 Å². The summed E-state index contributed by atoms with van der Waals surface area (Å²) in [5.74, 6) is -1.32. The van der Waals surface area contributed by atoms with Crippen molar-refractivity contribution in [3.63, 3.8) is 0 Å². The smallest absolute Gasteiger partial charge is 0.306 e. The van der Waals surface area contributed by atoms with Crippen LogP contribution in [0.15, 0.2) is 94.3 Å². The molecule has 1 atom stereocenters. The van der Waals surface area contributed by atoms with Crippen molar-refractivity contribution in [1.82, 2.24) is 4.31 Å². The van der Waals surface area contributed by atoms with E-state index in [4.69, 9.17) is 4.74 Å². The van der Waals surface area contributed by atoms with Crippen LogP contribution in [-0.4, -0.2) is 44.7 Å². The zero-order chi connectivity index (χ0) is 23.8. The summed E-state index contributed by atoms with van der Waals surface area (Å²) in [4.78, 5) is 25.1. The van der Waals surface area contributed by atoms with E-state index < -0.39 is 21.9 Å². The summed E-state index contributed by atoms with van der Waals surface area (Å²) >= 11 is 3.31. The molecule has 8 heteroatoms. The summed E-state index contributed by atoms with van der Waals surface area (Å²) in [6, 6.07) is 24.1. The molecule has 0 saturated heterocycles. The average Bonchev–Trinajstić information content (AvgIpc) is 2.83. The van der Waals surface area contributed by atoms with Gasteiger partial charge in [0.2, 0.25) is 10.0 Å². The number of esters is 1. The quantitative estimate of drug-likeness (QED) is 0.281. The Hall–Kier alpha value is -2.81. The zero-order valence-corrected chi connectivity index (χ0v) is 20.5. The van der Waals surface area contributed by atoms with Crippen LogP contribution in [0.1, 0.15) is 28.3 Å². The molecule has 0 bridgehead atoms. The van der Waals surface area contributed by atoms with Gasteiger partial charge in [0.25, 0.3) is 0 Å². The summed E-state index contributed by atoms with van der Waals surface area (Å²) in [7, 11) is -2.23. The molecule has 0 amide bonds. The van der Waals surface area contributed by atoms with E-state index in [1.165, 1.54) is 23.5 Å².